The molecule has 6 nitrogen and oxygen atoms in total. The molecule has 1 N–H and O–H groups in total. The van der Waals surface area contributed by atoms with E-state index in [0.717, 1.165) is 11.4 Å². The van der Waals surface area contributed by atoms with Crippen LogP contribution in [0.3, 0.4) is 0 Å². The van der Waals surface area contributed by atoms with Crippen molar-refractivity contribution in [2.45, 2.75) is 13.5 Å². The molecule has 1 aromatic carbocycles. The molecule has 0 saturated heterocycles. The molecule has 2 aromatic rings. The molecule has 0 unspecified atom stereocenters. The van der Waals surface area contributed by atoms with Gasteiger partial charge in [0.25, 0.3) is 5.69 Å². The van der Waals surface area contributed by atoms with E-state index in [1.807, 2.05) is 25.1 Å². The lowest BCUT2D eigenvalue weighted by molar-refractivity contribution is -0.384. The molecule has 0 bridgehead atoms. The van der Waals surface area contributed by atoms with Crippen molar-refractivity contribution in [1.82, 2.24) is 10.3 Å². The topological polar surface area (TPSA) is 85.1 Å². The molecule has 6 heteroatoms. The summed E-state index contributed by atoms with van der Waals surface area (Å²) in [6, 6.07) is 11.7. The Bertz CT molecular complexity index is 726. The maximum atomic E-state index is 11.7. The van der Waals surface area contributed by atoms with Gasteiger partial charge in [0.05, 0.1) is 17.2 Å². The molecule has 0 fully saturated rings. The average molecular weight is 297 g/mol. The molecule has 0 aliphatic rings. The van der Waals surface area contributed by atoms with Crippen molar-refractivity contribution in [3.05, 3.63) is 75.6 Å². The summed E-state index contributed by atoms with van der Waals surface area (Å²) in [6.45, 7) is 2.22. The van der Waals surface area contributed by atoms with Crippen LogP contribution in [0, 0.1) is 17.0 Å². The standard InChI is InChI=1S/C16H15N3O3/c1-12-4-2-6-14(18-12)11-17-16(20)9-8-13-5-3-7-15(10-13)19(21)22/h2-10H,11H2,1H3,(H,17,20)/b9-8+. The smallest absolute Gasteiger partial charge is 0.270 e. The molecule has 1 aromatic heterocycles. The van der Waals surface area contributed by atoms with Crippen LogP contribution >= 0.6 is 0 Å². The molecular weight excluding hydrogens is 282 g/mol. The molecule has 0 aliphatic carbocycles. The maximum absolute atomic E-state index is 11.7. The number of pyridine rings is 1. The van der Waals surface area contributed by atoms with Crippen LogP contribution in [-0.2, 0) is 11.3 Å². The fourth-order valence-electron chi connectivity index (χ4n) is 1.85. The summed E-state index contributed by atoms with van der Waals surface area (Å²) in [5, 5.41) is 13.4. The van der Waals surface area contributed by atoms with Crippen LogP contribution in [0.2, 0.25) is 0 Å². The SMILES string of the molecule is Cc1cccc(CNC(=O)/C=C/c2cccc([N+](=O)[O-])c2)n1. The number of nitrogens with one attached hydrogen (secondary N) is 1. The third kappa shape index (κ3) is 4.52. The highest BCUT2D eigenvalue weighted by molar-refractivity contribution is 5.91. The molecule has 0 atom stereocenters. The first kappa shape index (κ1) is 15.4. The number of non-ortho nitro benzene ring substituents is 1. The van der Waals surface area contributed by atoms with Crippen LogP contribution in [0.15, 0.2) is 48.5 Å². The number of nitrogens with zero attached hydrogens (tertiary/aromatic N) is 2. The van der Waals surface area contributed by atoms with Crippen molar-refractivity contribution in [2.24, 2.45) is 0 Å². The van der Waals surface area contributed by atoms with E-state index >= 15 is 0 Å². The van der Waals surface area contributed by atoms with Crippen LogP contribution in [0.1, 0.15) is 17.0 Å². The average Bonchev–Trinajstić information content (AvgIpc) is 2.51. The summed E-state index contributed by atoms with van der Waals surface area (Å²) in [6.07, 6.45) is 2.88. The lowest BCUT2D eigenvalue weighted by atomic mass is 10.2. The van der Waals surface area contributed by atoms with Crippen molar-refractivity contribution < 1.29 is 9.72 Å². The van der Waals surface area contributed by atoms with Crippen molar-refractivity contribution in [1.29, 1.82) is 0 Å². The van der Waals surface area contributed by atoms with E-state index in [1.54, 1.807) is 12.1 Å². The van der Waals surface area contributed by atoms with Crippen LogP contribution in [-0.4, -0.2) is 15.8 Å². The lowest BCUT2D eigenvalue weighted by Gasteiger charge is -2.02. The number of rotatable bonds is 5. The Labute approximate surface area is 127 Å². The monoisotopic (exact) mass is 297 g/mol. The van der Waals surface area contributed by atoms with Gasteiger partial charge in [0.15, 0.2) is 0 Å². The number of amides is 1. The minimum absolute atomic E-state index is 0.00785. The molecule has 0 saturated carbocycles. The Kier molecular flexibility index (Phi) is 4.98. The summed E-state index contributed by atoms with van der Waals surface area (Å²) < 4.78 is 0. The van der Waals surface area contributed by atoms with Crippen LogP contribution in [0.25, 0.3) is 6.08 Å². The number of nitro benzene ring substituents is 1. The van der Waals surface area contributed by atoms with Gasteiger partial charge in [-0.25, -0.2) is 0 Å². The minimum Gasteiger partial charge on any atom is -0.347 e. The van der Waals surface area contributed by atoms with Gasteiger partial charge in [-0.3, -0.25) is 19.9 Å². The molecule has 0 spiro atoms. The predicted molar refractivity (Wildman–Crippen MR) is 83.0 cm³/mol. The zero-order valence-corrected chi connectivity index (χ0v) is 12.0. The highest BCUT2D eigenvalue weighted by Gasteiger charge is 2.04. The first-order valence-corrected chi connectivity index (χ1v) is 6.67. The largest absolute Gasteiger partial charge is 0.347 e. The second-order valence-electron chi connectivity index (χ2n) is 4.67. The molecule has 2 rings (SSSR count). The fraction of sp³-hybridized carbons (Fsp3) is 0.125. The maximum Gasteiger partial charge on any atom is 0.270 e. The van der Waals surface area contributed by atoms with Crippen molar-refractivity contribution >= 4 is 17.7 Å². The minimum atomic E-state index is -0.471. The number of nitro groups is 1. The number of carbonyl (C=O) groups excluding carboxylic acids is 1. The van der Waals surface area contributed by atoms with Crippen LogP contribution in [0.4, 0.5) is 5.69 Å². The number of aryl methyl sites for hydroxylation is 1. The van der Waals surface area contributed by atoms with E-state index in [4.69, 9.17) is 0 Å². The fourth-order valence-corrected chi connectivity index (χ4v) is 1.85. The first-order valence-electron chi connectivity index (χ1n) is 6.67. The lowest BCUT2D eigenvalue weighted by Crippen LogP contribution is -2.20. The summed E-state index contributed by atoms with van der Waals surface area (Å²) in [5.41, 5.74) is 2.25. The molecule has 22 heavy (non-hydrogen) atoms. The zero-order valence-electron chi connectivity index (χ0n) is 12.0. The van der Waals surface area contributed by atoms with Gasteiger partial charge in [-0.2, -0.15) is 0 Å². The van der Waals surface area contributed by atoms with Gasteiger partial charge in [0.1, 0.15) is 0 Å². The van der Waals surface area contributed by atoms with E-state index in [1.165, 1.54) is 24.3 Å². The van der Waals surface area contributed by atoms with Crippen molar-refractivity contribution in [2.75, 3.05) is 0 Å². The molecular formula is C16H15N3O3. The van der Waals surface area contributed by atoms with Gasteiger partial charge >= 0.3 is 0 Å². The summed E-state index contributed by atoms with van der Waals surface area (Å²) in [4.78, 5) is 26.2. The van der Waals surface area contributed by atoms with Gasteiger partial charge < -0.3 is 5.32 Å². The second-order valence-corrected chi connectivity index (χ2v) is 4.67. The first-order chi connectivity index (χ1) is 10.5. The third-order valence-electron chi connectivity index (χ3n) is 2.90. The van der Waals surface area contributed by atoms with Gasteiger partial charge in [-0.15, -0.1) is 0 Å². The summed E-state index contributed by atoms with van der Waals surface area (Å²) >= 11 is 0. The normalized spacial score (nSPS) is 10.6. The quantitative estimate of drug-likeness (QED) is 0.522. The van der Waals surface area contributed by atoms with E-state index in [0.29, 0.717) is 12.1 Å². The molecule has 0 radical (unpaired) electrons. The van der Waals surface area contributed by atoms with E-state index in [9.17, 15) is 14.9 Å². The van der Waals surface area contributed by atoms with Gasteiger partial charge in [0, 0.05) is 23.9 Å². The predicted octanol–water partition coefficient (Wildman–Crippen LogP) is 2.63. The number of aromatic nitrogens is 1. The zero-order chi connectivity index (χ0) is 15.9. The van der Waals surface area contributed by atoms with E-state index in [2.05, 4.69) is 10.3 Å². The highest BCUT2D eigenvalue weighted by atomic mass is 16.6. The third-order valence-corrected chi connectivity index (χ3v) is 2.90. The number of carbonyl (C=O) groups is 1. The van der Waals surface area contributed by atoms with Crippen LogP contribution in [0.5, 0.6) is 0 Å². The molecule has 1 amide bonds. The summed E-state index contributed by atoms with van der Waals surface area (Å²) in [5.74, 6) is -0.283. The van der Waals surface area contributed by atoms with Crippen molar-refractivity contribution in [3.63, 3.8) is 0 Å². The Hall–Kier alpha value is -3.02. The molecule has 1 heterocycles. The Morgan fingerprint density at radius 1 is 1.32 bits per heavy atom. The van der Waals surface area contributed by atoms with Crippen LogP contribution < -0.4 is 5.32 Å². The second kappa shape index (κ2) is 7.12. The molecule has 112 valence electrons. The highest BCUT2D eigenvalue weighted by Crippen LogP contribution is 2.13. The number of hydrogen-bond donors (Lipinski definition) is 1. The van der Waals surface area contributed by atoms with Crippen molar-refractivity contribution in [3.8, 4) is 0 Å². The van der Waals surface area contributed by atoms with Gasteiger partial charge in [-0.05, 0) is 30.7 Å². The summed E-state index contributed by atoms with van der Waals surface area (Å²) in [7, 11) is 0. The Balaban J connectivity index is 1.94. The Morgan fingerprint density at radius 3 is 2.82 bits per heavy atom. The Morgan fingerprint density at radius 2 is 2.09 bits per heavy atom. The van der Waals surface area contributed by atoms with Gasteiger partial charge in [0.2, 0.25) is 5.91 Å². The van der Waals surface area contributed by atoms with Gasteiger partial charge in [-0.1, -0.05) is 18.2 Å². The number of benzene rings is 1. The molecule has 0 aliphatic heterocycles. The van der Waals surface area contributed by atoms with E-state index < -0.39 is 4.92 Å². The number of hydrogen-bond acceptors (Lipinski definition) is 4. The van der Waals surface area contributed by atoms with E-state index in [-0.39, 0.29) is 11.6 Å².